The third-order valence-corrected chi connectivity index (χ3v) is 6.06. The predicted octanol–water partition coefficient (Wildman–Crippen LogP) is 2.79. The normalized spacial score (nSPS) is 31.2. The summed E-state index contributed by atoms with van der Waals surface area (Å²) < 4.78 is 11.9. The molecule has 24 heavy (non-hydrogen) atoms. The number of aryl methyl sites for hydroxylation is 1. The average molecular weight is 325 g/mol. The van der Waals surface area contributed by atoms with Crippen molar-refractivity contribution in [2.45, 2.75) is 37.8 Å². The number of likely N-dealkylation sites (N-methyl/N-ethyl adjacent to an activating group) is 1. The van der Waals surface area contributed by atoms with Crippen molar-refractivity contribution < 1.29 is 14.3 Å². The Balaban J connectivity index is 2.02. The van der Waals surface area contributed by atoms with Crippen LogP contribution >= 0.6 is 0 Å². The molecule has 1 saturated heterocycles. The third kappa shape index (κ3) is 1.75. The minimum absolute atomic E-state index is 0.254. The zero-order valence-corrected chi connectivity index (χ0v) is 14.6. The molecule has 1 fully saturated rings. The Kier molecular flexibility index (Phi) is 3.36. The van der Waals surface area contributed by atoms with Crippen LogP contribution in [0.1, 0.15) is 24.5 Å². The molecule has 1 aromatic carbocycles. The third-order valence-electron chi connectivity index (χ3n) is 6.06. The first-order valence-electron chi connectivity index (χ1n) is 8.47. The molecule has 0 radical (unpaired) electrons. The minimum Gasteiger partial charge on any atom is -0.493 e. The number of hydrogen-bond acceptors (Lipinski definition) is 4. The molecule has 4 nitrogen and oxygen atoms in total. The second-order valence-corrected chi connectivity index (χ2v) is 7.07. The smallest absolute Gasteiger partial charge is 0.166 e. The van der Waals surface area contributed by atoms with E-state index in [2.05, 4.69) is 37.9 Å². The lowest BCUT2D eigenvalue weighted by atomic mass is 9.60. The second kappa shape index (κ2) is 5.21. The van der Waals surface area contributed by atoms with Crippen molar-refractivity contribution in [1.29, 1.82) is 0 Å². The summed E-state index contributed by atoms with van der Waals surface area (Å²) >= 11 is 0. The van der Waals surface area contributed by atoms with Crippen LogP contribution in [0.25, 0.3) is 0 Å². The van der Waals surface area contributed by atoms with E-state index in [1.54, 1.807) is 7.11 Å². The number of likely N-dealkylation sites (tertiary alicyclic amines) is 1. The van der Waals surface area contributed by atoms with Crippen LogP contribution in [0.3, 0.4) is 0 Å². The van der Waals surface area contributed by atoms with E-state index in [4.69, 9.17) is 9.47 Å². The molecule has 4 rings (SSSR count). The maximum absolute atomic E-state index is 11.7. The highest BCUT2D eigenvalue weighted by Gasteiger charge is 2.58. The van der Waals surface area contributed by atoms with Gasteiger partial charge in [0.1, 0.15) is 12.4 Å². The fourth-order valence-corrected chi connectivity index (χ4v) is 4.71. The Hall–Kier alpha value is -2.07. The summed E-state index contributed by atoms with van der Waals surface area (Å²) in [5.41, 5.74) is 4.19. The molecule has 0 saturated carbocycles. The van der Waals surface area contributed by atoms with Gasteiger partial charge in [-0.15, -0.1) is 0 Å². The number of rotatable bonds is 2. The van der Waals surface area contributed by atoms with Crippen LogP contribution in [-0.2, 0) is 10.2 Å². The fourth-order valence-electron chi connectivity index (χ4n) is 4.71. The molecule has 126 valence electrons. The van der Waals surface area contributed by atoms with Gasteiger partial charge < -0.3 is 9.47 Å². The maximum Gasteiger partial charge on any atom is 0.166 e. The van der Waals surface area contributed by atoms with Crippen molar-refractivity contribution in [2.24, 2.45) is 0 Å². The number of ether oxygens (including phenoxy) is 2. The van der Waals surface area contributed by atoms with E-state index in [-0.39, 0.29) is 11.5 Å². The van der Waals surface area contributed by atoms with Crippen LogP contribution in [0.4, 0.5) is 0 Å². The molecular formula is C20H23NO3. The molecule has 0 unspecified atom stereocenters. The summed E-state index contributed by atoms with van der Waals surface area (Å²) in [5.74, 6) is 1.55. The van der Waals surface area contributed by atoms with Gasteiger partial charge in [-0.25, -0.2) is 0 Å². The molecule has 2 aliphatic heterocycles. The van der Waals surface area contributed by atoms with Crippen LogP contribution in [0.5, 0.6) is 11.5 Å². The summed E-state index contributed by atoms with van der Waals surface area (Å²) in [4.78, 5) is 14.1. The number of hydrogen-bond donors (Lipinski definition) is 0. The molecule has 0 N–H and O–H groups in total. The molecule has 3 aliphatic rings. The second-order valence-electron chi connectivity index (χ2n) is 7.07. The molecule has 1 spiro atoms. The van der Waals surface area contributed by atoms with E-state index in [1.807, 2.05) is 12.1 Å². The number of carbonyl (C=O) groups is 1. The first-order chi connectivity index (χ1) is 11.5. The Morgan fingerprint density at radius 2 is 2.17 bits per heavy atom. The molecule has 0 bridgehead atoms. The van der Waals surface area contributed by atoms with E-state index < -0.39 is 0 Å². The predicted molar refractivity (Wildman–Crippen MR) is 92.8 cm³/mol. The largest absolute Gasteiger partial charge is 0.493 e. The average Bonchev–Trinajstić information content (AvgIpc) is 2.94. The van der Waals surface area contributed by atoms with E-state index >= 15 is 0 Å². The van der Waals surface area contributed by atoms with Crippen LogP contribution in [0.2, 0.25) is 0 Å². The summed E-state index contributed by atoms with van der Waals surface area (Å²) in [6, 6.07) is 4.36. The summed E-state index contributed by atoms with van der Waals surface area (Å²) in [7, 11) is 3.82. The van der Waals surface area contributed by atoms with E-state index in [0.29, 0.717) is 11.6 Å². The minimum atomic E-state index is -0.259. The summed E-state index contributed by atoms with van der Waals surface area (Å²) in [6.07, 6.45) is 5.69. The monoisotopic (exact) mass is 325 g/mol. The van der Waals surface area contributed by atoms with Crippen molar-refractivity contribution in [3.8, 4) is 11.5 Å². The number of aldehydes is 1. The van der Waals surface area contributed by atoms with Gasteiger partial charge in [0.15, 0.2) is 11.5 Å². The number of benzene rings is 1. The first-order valence-corrected chi connectivity index (χ1v) is 8.47. The fraction of sp³-hybridized carbons (Fsp3) is 0.450. The molecule has 3 atom stereocenters. The topological polar surface area (TPSA) is 38.8 Å². The van der Waals surface area contributed by atoms with Crippen LogP contribution < -0.4 is 9.47 Å². The highest BCUT2D eigenvalue weighted by atomic mass is 16.5. The van der Waals surface area contributed by atoms with Gasteiger partial charge in [-0.2, -0.15) is 0 Å². The molecular weight excluding hydrogens is 302 g/mol. The molecule has 1 aliphatic carbocycles. The highest BCUT2D eigenvalue weighted by molar-refractivity contribution is 5.80. The van der Waals surface area contributed by atoms with Gasteiger partial charge in [0.25, 0.3) is 0 Å². The Bertz CT molecular complexity index is 779. The Morgan fingerprint density at radius 1 is 1.38 bits per heavy atom. The highest BCUT2D eigenvalue weighted by Crippen LogP contribution is 2.59. The molecule has 2 heterocycles. The van der Waals surface area contributed by atoms with E-state index in [1.165, 1.54) is 16.7 Å². The van der Waals surface area contributed by atoms with Gasteiger partial charge in [-0.3, -0.25) is 9.69 Å². The summed E-state index contributed by atoms with van der Waals surface area (Å²) in [5, 5.41) is 0. The van der Waals surface area contributed by atoms with Gasteiger partial charge in [-0.05, 0) is 51.1 Å². The van der Waals surface area contributed by atoms with Gasteiger partial charge in [-0.1, -0.05) is 18.2 Å². The van der Waals surface area contributed by atoms with E-state index in [9.17, 15) is 4.79 Å². The first kappa shape index (κ1) is 15.5. The van der Waals surface area contributed by atoms with E-state index in [0.717, 1.165) is 30.8 Å². The zero-order valence-electron chi connectivity index (χ0n) is 14.6. The lowest BCUT2D eigenvalue weighted by Crippen LogP contribution is -2.54. The molecule has 4 heteroatoms. The van der Waals surface area contributed by atoms with Crippen LogP contribution in [-0.4, -0.2) is 44.0 Å². The Morgan fingerprint density at radius 3 is 2.88 bits per heavy atom. The number of piperidine rings is 1. The van der Waals surface area contributed by atoms with Gasteiger partial charge in [0.2, 0.25) is 0 Å². The lowest BCUT2D eigenvalue weighted by Gasteiger charge is -2.48. The van der Waals surface area contributed by atoms with Crippen molar-refractivity contribution >= 4 is 6.29 Å². The van der Waals surface area contributed by atoms with Gasteiger partial charge in [0.05, 0.1) is 12.5 Å². The molecule has 0 aromatic heterocycles. The van der Waals surface area contributed by atoms with Crippen molar-refractivity contribution in [2.75, 3.05) is 20.7 Å². The number of allylic oxidation sites excluding steroid dienone is 2. The van der Waals surface area contributed by atoms with Gasteiger partial charge in [0, 0.05) is 17.2 Å². The number of fused-ring (bicyclic) bond motifs is 1. The van der Waals surface area contributed by atoms with Gasteiger partial charge >= 0.3 is 0 Å². The summed E-state index contributed by atoms with van der Waals surface area (Å²) in [6.45, 7) is 5.33. The van der Waals surface area contributed by atoms with Crippen LogP contribution in [0, 0.1) is 6.92 Å². The molecule has 1 aromatic rings. The van der Waals surface area contributed by atoms with Crippen LogP contribution in [0.15, 0.2) is 35.4 Å². The van der Waals surface area contributed by atoms with Crippen molar-refractivity contribution in [3.05, 3.63) is 46.6 Å². The van der Waals surface area contributed by atoms with Crippen molar-refractivity contribution in [3.63, 3.8) is 0 Å². The quantitative estimate of drug-likeness (QED) is 0.784. The van der Waals surface area contributed by atoms with Crippen molar-refractivity contribution in [1.82, 2.24) is 4.90 Å². The number of carbonyl (C=O) groups excluding carboxylic acids is 1. The SMILES string of the molecule is COc1ccc(C)c2c1O[C@H]1C(C=O)=CC=C3[C@@H](C)N(C)CC[C@]321. The molecule has 0 amide bonds. The maximum atomic E-state index is 11.7. The standard InChI is InChI=1S/C20H23NO3/c1-12-5-8-16(23-4)18-17(12)20-9-10-21(3)13(2)15(20)7-6-14(11-22)19(20)24-18/h5-8,11,13,19H,9-10H2,1-4H3/t13-,19+,20+/m1/s1. The lowest BCUT2D eigenvalue weighted by molar-refractivity contribution is -0.105. The Labute approximate surface area is 142 Å². The zero-order chi connectivity index (χ0) is 17.1. The number of nitrogens with zero attached hydrogens (tertiary/aromatic N) is 1. The number of methoxy groups -OCH3 is 1.